The van der Waals surface area contributed by atoms with E-state index in [1.54, 1.807) is 6.92 Å². The van der Waals surface area contributed by atoms with Crippen LogP contribution in [0.3, 0.4) is 0 Å². The van der Waals surface area contributed by atoms with Crippen LogP contribution in [0.15, 0.2) is 46.8 Å². The molecule has 14 heteroatoms. The van der Waals surface area contributed by atoms with Gasteiger partial charge in [-0.15, -0.1) is 18.3 Å². The number of aromatic nitrogens is 4. The Kier molecular flexibility index (Phi) is 6.15. The van der Waals surface area contributed by atoms with Crippen LogP contribution in [0.25, 0.3) is 5.76 Å². The summed E-state index contributed by atoms with van der Waals surface area (Å²) in [5, 5.41) is 8.47. The number of carbonyl (C=O) groups excluding carboxylic acids is 1. The van der Waals surface area contributed by atoms with Gasteiger partial charge < -0.3 is 24.4 Å². The van der Waals surface area contributed by atoms with Crippen LogP contribution < -0.4 is 15.4 Å². The van der Waals surface area contributed by atoms with Gasteiger partial charge >= 0.3 is 6.36 Å². The number of methoxy groups -OCH3 is 1. The Bertz CT molecular complexity index is 1220. The first-order valence-electron chi connectivity index (χ1n) is 9.83. The first kappa shape index (κ1) is 23.1. The Morgan fingerprint density at radius 1 is 1.32 bits per heavy atom. The maximum Gasteiger partial charge on any atom is 0.573 e. The molecule has 1 unspecified atom stereocenters. The molecule has 4 rings (SSSR count). The molecular weight excluding hydrogens is 461 g/mol. The minimum absolute atomic E-state index is 0.0147. The molecule has 0 aliphatic carbocycles. The highest BCUT2D eigenvalue weighted by Gasteiger charge is 2.38. The minimum atomic E-state index is -4.87. The highest BCUT2D eigenvalue weighted by atomic mass is 19.4. The van der Waals surface area contributed by atoms with Gasteiger partial charge in [0.05, 0.1) is 12.8 Å². The highest BCUT2D eigenvalue weighted by Crippen LogP contribution is 2.37. The average Bonchev–Trinajstić information content (AvgIpc) is 3.46. The van der Waals surface area contributed by atoms with E-state index in [9.17, 15) is 18.0 Å². The normalized spacial score (nSPS) is 16.1. The van der Waals surface area contributed by atoms with E-state index >= 15 is 0 Å². The zero-order valence-electron chi connectivity index (χ0n) is 17.9. The van der Waals surface area contributed by atoms with Gasteiger partial charge in [-0.1, -0.05) is 12.1 Å². The van der Waals surface area contributed by atoms with Gasteiger partial charge in [0.15, 0.2) is 23.5 Å². The SMILES string of the molecule is COCc1coc(Cn2ncc(N3C(C(N)=O)=C(c4cccc(OC(F)(F)F)c4)OC3C)n2)n1. The van der Waals surface area contributed by atoms with Crippen molar-refractivity contribution in [1.29, 1.82) is 0 Å². The molecule has 180 valence electrons. The fourth-order valence-electron chi connectivity index (χ4n) is 3.37. The van der Waals surface area contributed by atoms with E-state index in [-0.39, 0.29) is 36.0 Å². The molecule has 34 heavy (non-hydrogen) atoms. The van der Waals surface area contributed by atoms with Crippen LogP contribution >= 0.6 is 0 Å². The molecule has 3 heterocycles. The molecule has 1 amide bonds. The van der Waals surface area contributed by atoms with Crippen molar-refractivity contribution in [2.45, 2.75) is 32.7 Å². The number of amides is 1. The van der Waals surface area contributed by atoms with Crippen molar-refractivity contribution in [3.8, 4) is 5.75 Å². The predicted octanol–water partition coefficient (Wildman–Crippen LogP) is 2.40. The second-order valence-corrected chi connectivity index (χ2v) is 7.10. The number of carbonyl (C=O) groups is 1. The number of anilines is 1. The maximum atomic E-state index is 12.6. The van der Waals surface area contributed by atoms with Gasteiger partial charge in [0, 0.05) is 12.7 Å². The molecule has 1 aliphatic rings. The topological polar surface area (TPSA) is 131 Å². The van der Waals surface area contributed by atoms with Crippen molar-refractivity contribution >= 4 is 17.5 Å². The quantitative estimate of drug-likeness (QED) is 0.516. The first-order chi connectivity index (χ1) is 16.1. The number of primary amides is 1. The summed E-state index contributed by atoms with van der Waals surface area (Å²) in [6, 6.07) is 5.03. The number of hydrogen-bond acceptors (Lipinski definition) is 9. The predicted molar refractivity (Wildman–Crippen MR) is 109 cm³/mol. The van der Waals surface area contributed by atoms with Gasteiger partial charge in [-0.05, 0) is 19.1 Å². The molecule has 2 N–H and O–H groups in total. The van der Waals surface area contributed by atoms with Crippen LogP contribution in [0.4, 0.5) is 19.0 Å². The number of rotatable bonds is 8. The zero-order chi connectivity index (χ0) is 24.5. The number of benzene rings is 1. The molecule has 1 aliphatic heterocycles. The third kappa shape index (κ3) is 4.96. The number of nitrogens with zero attached hydrogens (tertiary/aromatic N) is 5. The molecule has 0 saturated carbocycles. The molecule has 11 nitrogen and oxygen atoms in total. The van der Waals surface area contributed by atoms with Crippen LogP contribution in [-0.2, 0) is 27.4 Å². The van der Waals surface area contributed by atoms with Crippen molar-refractivity contribution in [2.75, 3.05) is 12.0 Å². The van der Waals surface area contributed by atoms with Gasteiger partial charge in [-0.25, -0.2) is 4.98 Å². The summed E-state index contributed by atoms with van der Waals surface area (Å²) in [6.45, 7) is 2.01. The third-order valence-electron chi connectivity index (χ3n) is 4.61. The van der Waals surface area contributed by atoms with Gasteiger partial charge in [-0.2, -0.15) is 9.90 Å². The lowest BCUT2D eigenvalue weighted by atomic mass is 10.1. The summed E-state index contributed by atoms with van der Waals surface area (Å²) in [7, 11) is 1.53. The number of oxazole rings is 1. The fraction of sp³-hybridized carbons (Fsp3) is 0.300. The Labute approximate surface area is 190 Å². The summed E-state index contributed by atoms with van der Waals surface area (Å²) < 4.78 is 57.9. The lowest BCUT2D eigenvalue weighted by Crippen LogP contribution is -2.34. The summed E-state index contributed by atoms with van der Waals surface area (Å²) in [6.07, 6.45) is -2.80. The van der Waals surface area contributed by atoms with E-state index in [2.05, 4.69) is 19.9 Å². The minimum Gasteiger partial charge on any atom is -0.467 e. The van der Waals surface area contributed by atoms with Crippen LogP contribution in [0.5, 0.6) is 5.75 Å². The lowest BCUT2D eigenvalue weighted by molar-refractivity contribution is -0.274. The lowest BCUT2D eigenvalue weighted by Gasteiger charge is -2.20. The van der Waals surface area contributed by atoms with Crippen LogP contribution in [-0.4, -0.2) is 45.6 Å². The van der Waals surface area contributed by atoms with E-state index < -0.39 is 24.2 Å². The van der Waals surface area contributed by atoms with Crippen molar-refractivity contribution in [1.82, 2.24) is 20.0 Å². The van der Waals surface area contributed by atoms with Gasteiger partial charge in [0.2, 0.25) is 5.89 Å². The highest BCUT2D eigenvalue weighted by molar-refractivity contribution is 6.03. The molecule has 1 aromatic carbocycles. The summed E-state index contributed by atoms with van der Waals surface area (Å²) >= 11 is 0. The van der Waals surface area contributed by atoms with Crippen molar-refractivity contribution in [3.05, 3.63) is 59.6 Å². The molecule has 2 aromatic heterocycles. The first-order valence-corrected chi connectivity index (χ1v) is 9.83. The van der Waals surface area contributed by atoms with E-state index in [0.717, 1.165) is 12.1 Å². The van der Waals surface area contributed by atoms with Crippen molar-refractivity contribution < 1.29 is 36.6 Å². The Morgan fingerprint density at radius 3 is 2.82 bits per heavy atom. The Balaban J connectivity index is 1.62. The van der Waals surface area contributed by atoms with Gasteiger partial charge in [0.1, 0.15) is 24.3 Å². The number of ether oxygens (including phenoxy) is 3. The monoisotopic (exact) mass is 480 g/mol. The van der Waals surface area contributed by atoms with Gasteiger partial charge in [0.25, 0.3) is 5.91 Å². The molecular formula is C20H19F3N6O5. The van der Waals surface area contributed by atoms with E-state index in [1.807, 2.05) is 0 Å². The standard InChI is InChI=1S/C20H19F3N6O5/c1-11-29(15-7-25-28(27-15)8-16-26-13(9-31-2)10-32-16)17(19(24)30)18(33-11)12-4-3-5-14(6-12)34-20(21,22)23/h3-7,10-11H,8-9H2,1-2H3,(H2,24,30). The molecule has 1 atom stereocenters. The molecule has 0 bridgehead atoms. The van der Waals surface area contributed by atoms with Crippen molar-refractivity contribution in [3.63, 3.8) is 0 Å². The second-order valence-electron chi connectivity index (χ2n) is 7.10. The second kappa shape index (κ2) is 9.05. The van der Waals surface area contributed by atoms with E-state index in [0.29, 0.717) is 11.6 Å². The third-order valence-corrected chi connectivity index (χ3v) is 4.61. The number of alkyl halides is 3. The smallest absolute Gasteiger partial charge is 0.467 e. The maximum absolute atomic E-state index is 12.6. The summed E-state index contributed by atoms with van der Waals surface area (Å²) in [5.74, 6) is -0.789. The van der Waals surface area contributed by atoms with Crippen LogP contribution in [0, 0.1) is 0 Å². The molecule has 0 radical (unpaired) electrons. The molecule has 0 fully saturated rings. The van der Waals surface area contributed by atoms with Crippen LogP contribution in [0.1, 0.15) is 24.1 Å². The average molecular weight is 480 g/mol. The number of hydrogen-bond donors (Lipinski definition) is 1. The Morgan fingerprint density at radius 2 is 2.12 bits per heavy atom. The molecule has 0 saturated heterocycles. The molecule has 0 spiro atoms. The Hall–Kier alpha value is -4.07. The summed E-state index contributed by atoms with van der Waals surface area (Å²) in [5.41, 5.74) is 6.27. The number of halogens is 3. The fourth-order valence-corrected chi connectivity index (χ4v) is 3.37. The van der Waals surface area contributed by atoms with Crippen LogP contribution in [0.2, 0.25) is 0 Å². The molecule has 3 aromatic rings. The largest absolute Gasteiger partial charge is 0.573 e. The van der Waals surface area contributed by atoms with Crippen molar-refractivity contribution in [2.24, 2.45) is 5.73 Å². The van der Waals surface area contributed by atoms with Gasteiger partial charge in [-0.3, -0.25) is 9.69 Å². The number of nitrogens with two attached hydrogens (primary N) is 1. The van der Waals surface area contributed by atoms with E-state index in [4.69, 9.17) is 19.6 Å². The van der Waals surface area contributed by atoms with E-state index in [1.165, 1.54) is 41.4 Å². The zero-order valence-corrected chi connectivity index (χ0v) is 17.9. The summed E-state index contributed by atoms with van der Waals surface area (Å²) in [4.78, 5) is 19.3.